The number of nitrogens with zero attached hydrogens (tertiary/aromatic N) is 1. The van der Waals surface area contributed by atoms with Crippen molar-refractivity contribution in [3.05, 3.63) is 59.7 Å². The second-order valence-corrected chi connectivity index (χ2v) is 6.84. The average Bonchev–Trinajstić information content (AvgIpc) is 2.67. The number of ether oxygens (including phenoxy) is 1. The highest BCUT2D eigenvalue weighted by Gasteiger charge is 2.13. The molecule has 140 valence electrons. The van der Waals surface area contributed by atoms with E-state index in [0.29, 0.717) is 5.56 Å². The normalized spacial score (nSPS) is 10.6. The number of aryl methyl sites for hydroxylation is 1. The van der Waals surface area contributed by atoms with Crippen LogP contribution >= 0.6 is 0 Å². The third-order valence-corrected chi connectivity index (χ3v) is 4.59. The lowest BCUT2D eigenvalue weighted by Crippen LogP contribution is -2.26. The molecule has 3 nitrogen and oxygen atoms in total. The Hall–Kier alpha value is -2.29. The highest BCUT2D eigenvalue weighted by molar-refractivity contribution is 6.05. The molecule has 0 unspecified atom stereocenters. The van der Waals surface area contributed by atoms with Gasteiger partial charge in [-0.2, -0.15) is 0 Å². The molecule has 0 radical (unpaired) electrons. The molecule has 0 saturated heterocycles. The minimum Gasteiger partial charge on any atom is -0.494 e. The van der Waals surface area contributed by atoms with Crippen LogP contribution in [0.15, 0.2) is 48.5 Å². The van der Waals surface area contributed by atoms with Gasteiger partial charge in [-0.3, -0.25) is 4.79 Å². The zero-order valence-electron chi connectivity index (χ0n) is 16.3. The molecule has 0 aliphatic carbocycles. The van der Waals surface area contributed by atoms with Crippen LogP contribution in [0.4, 0.5) is 5.69 Å². The Morgan fingerprint density at radius 1 is 0.885 bits per heavy atom. The van der Waals surface area contributed by atoms with Gasteiger partial charge in [0.05, 0.1) is 6.61 Å². The van der Waals surface area contributed by atoms with Gasteiger partial charge in [-0.15, -0.1) is 0 Å². The van der Waals surface area contributed by atoms with Crippen LogP contribution in [0.25, 0.3) is 0 Å². The summed E-state index contributed by atoms with van der Waals surface area (Å²) in [6.45, 7) is 5.00. The summed E-state index contributed by atoms with van der Waals surface area (Å²) in [4.78, 5) is 14.2. The van der Waals surface area contributed by atoms with Gasteiger partial charge in [0.2, 0.25) is 0 Å². The van der Waals surface area contributed by atoms with E-state index in [4.69, 9.17) is 4.74 Å². The van der Waals surface area contributed by atoms with E-state index in [1.54, 1.807) is 11.9 Å². The topological polar surface area (TPSA) is 29.5 Å². The van der Waals surface area contributed by atoms with Gasteiger partial charge in [0, 0.05) is 18.3 Å². The summed E-state index contributed by atoms with van der Waals surface area (Å²) < 4.78 is 5.80. The maximum absolute atomic E-state index is 12.6. The largest absolute Gasteiger partial charge is 0.494 e. The summed E-state index contributed by atoms with van der Waals surface area (Å²) in [5, 5.41) is 0. The van der Waals surface area contributed by atoms with Crippen LogP contribution in [-0.4, -0.2) is 19.6 Å². The summed E-state index contributed by atoms with van der Waals surface area (Å²) in [6.07, 6.45) is 7.55. The fourth-order valence-electron chi connectivity index (χ4n) is 2.85. The summed E-state index contributed by atoms with van der Waals surface area (Å²) >= 11 is 0. The first-order valence-corrected chi connectivity index (χ1v) is 9.69. The zero-order chi connectivity index (χ0) is 18.8. The fraction of sp³-hybridized carbons (Fsp3) is 0.435. The quantitative estimate of drug-likeness (QED) is 0.489. The Morgan fingerprint density at radius 3 is 2.15 bits per heavy atom. The number of unbranched alkanes of at least 4 members (excludes halogenated alkanes) is 5. The molecule has 0 aliphatic rings. The summed E-state index contributed by atoms with van der Waals surface area (Å²) in [7, 11) is 1.80. The van der Waals surface area contributed by atoms with E-state index in [9.17, 15) is 4.79 Å². The first-order valence-electron chi connectivity index (χ1n) is 9.69. The molecule has 0 fully saturated rings. The van der Waals surface area contributed by atoms with Crippen molar-refractivity contribution in [3.63, 3.8) is 0 Å². The van der Waals surface area contributed by atoms with Gasteiger partial charge in [-0.1, -0.05) is 56.7 Å². The molecular formula is C23H31NO2. The van der Waals surface area contributed by atoms with E-state index in [2.05, 4.69) is 6.92 Å². The minimum atomic E-state index is -0.00857. The molecule has 0 aromatic heterocycles. The predicted octanol–water partition coefficient (Wildman–Crippen LogP) is 6.01. The second-order valence-electron chi connectivity index (χ2n) is 6.84. The molecule has 0 N–H and O–H groups in total. The molecule has 0 heterocycles. The zero-order valence-corrected chi connectivity index (χ0v) is 16.3. The van der Waals surface area contributed by atoms with Crippen molar-refractivity contribution >= 4 is 11.6 Å². The Morgan fingerprint density at radius 2 is 1.50 bits per heavy atom. The van der Waals surface area contributed by atoms with Gasteiger partial charge < -0.3 is 9.64 Å². The molecule has 0 saturated carbocycles. The maximum Gasteiger partial charge on any atom is 0.258 e. The van der Waals surface area contributed by atoms with Crippen molar-refractivity contribution in [2.24, 2.45) is 0 Å². The molecule has 0 atom stereocenters. The fourth-order valence-corrected chi connectivity index (χ4v) is 2.85. The summed E-state index contributed by atoms with van der Waals surface area (Å²) in [6, 6.07) is 15.4. The Balaban J connectivity index is 1.80. The number of hydrogen-bond donors (Lipinski definition) is 0. The van der Waals surface area contributed by atoms with Gasteiger partial charge in [-0.05, 0) is 49.7 Å². The van der Waals surface area contributed by atoms with Crippen molar-refractivity contribution in [1.82, 2.24) is 0 Å². The van der Waals surface area contributed by atoms with Crippen LogP contribution in [0.3, 0.4) is 0 Å². The number of benzene rings is 2. The van der Waals surface area contributed by atoms with Gasteiger partial charge >= 0.3 is 0 Å². The van der Waals surface area contributed by atoms with E-state index in [-0.39, 0.29) is 5.91 Å². The van der Waals surface area contributed by atoms with Crippen LogP contribution in [-0.2, 0) is 0 Å². The van der Waals surface area contributed by atoms with Crippen molar-refractivity contribution in [2.75, 3.05) is 18.6 Å². The first-order chi connectivity index (χ1) is 12.6. The van der Waals surface area contributed by atoms with Crippen LogP contribution in [0.2, 0.25) is 0 Å². The van der Waals surface area contributed by atoms with E-state index < -0.39 is 0 Å². The molecular weight excluding hydrogens is 322 g/mol. The highest BCUT2D eigenvalue weighted by atomic mass is 16.5. The molecule has 26 heavy (non-hydrogen) atoms. The van der Waals surface area contributed by atoms with Gasteiger partial charge in [0.25, 0.3) is 5.91 Å². The summed E-state index contributed by atoms with van der Waals surface area (Å²) in [5.74, 6) is 0.851. The molecule has 2 aromatic rings. The molecule has 2 aromatic carbocycles. The number of hydrogen-bond acceptors (Lipinski definition) is 2. The number of carbonyl (C=O) groups is 1. The molecule has 2 rings (SSSR count). The monoisotopic (exact) mass is 353 g/mol. The minimum absolute atomic E-state index is 0.00857. The highest BCUT2D eigenvalue weighted by Crippen LogP contribution is 2.20. The number of rotatable bonds is 10. The average molecular weight is 354 g/mol. The molecule has 3 heteroatoms. The Kier molecular flexibility index (Phi) is 8.20. The molecule has 0 spiro atoms. The maximum atomic E-state index is 12.6. The van der Waals surface area contributed by atoms with Gasteiger partial charge in [0.1, 0.15) is 5.75 Å². The van der Waals surface area contributed by atoms with Gasteiger partial charge in [-0.25, -0.2) is 0 Å². The van der Waals surface area contributed by atoms with E-state index in [0.717, 1.165) is 30.0 Å². The molecule has 0 bridgehead atoms. The lowest BCUT2D eigenvalue weighted by atomic mass is 10.1. The third kappa shape index (κ3) is 6.21. The van der Waals surface area contributed by atoms with Crippen LogP contribution < -0.4 is 9.64 Å². The van der Waals surface area contributed by atoms with Crippen LogP contribution in [0.5, 0.6) is 5.75 Å². The second kappa shape index (κ2) is 10.6. The van der Waals surface area contributed by atoms with E-state index >= 15 is 0 Å². The van der Waals surface area contributed by atoms with Crippen LogP contribution in [0, 0.1) is 6.92 Å². The lowest BCUT2D eigenvalue weighted by molar-refractivity contribution is 0.0993. The molecule has 1 amide bonds. The number of anilines is 1. The Labute approximate surface area is 158 Å². The van der Waals surface area contributed by atoms with E-state index in [1.807, 2.05) is 55.5 Å². The summed E-state index contributed by atoms with van der Waals surface area (Å²) in [5.41, 5.74) is 2.71. The molecule has 0 aliphatic heterocycles. The van der Waals surface area contributed by atoms with Gasteiger partial charge in [0.15, 0.2) is 0 Å². The van der Waals surface area contributed by atoms with Crippen LogP contribution in [0.1, 0.15) is 61.4 Å². The van der Waals surface area contributed by atoms with Crippen molar-refractivity contribution < 1.29 is 9.53 Å². The predicted molar refractivity (Wildman–Crippen MR) is 109 cm³/mol. The van der Waals surface area contributed by atoms with E-state index in [1.165, 1.54) is 32.1 Å². The van der Waals surface area contributed by atoms with Crippen molar-refractivity contribution in [1.29, 1.82) is 0 Å². The smallest absolute Gasteiger partial charge is 0.258 e. The SMILES string of the molecule is CCCCCCCCOc1ccc(N(C)C(=O)c2ccc(C)cc2)cc1. The third-order valence-electron chi connectivity index (χ3n) is 4.59. The Bertz CT molecular complexity index is 662. The first kappa shape index (κ1) is 20.0. The number of amides is 1. The van der Waals surface area contributed by atoms with Crippen molar-refractivity contribution in [3.8, 4) is 5.75 Å². The standard InChI is InChI=1S/C23H31NO2/c1-4-5-6-7-8-9-18-26-22-16-14-21(15-17-22)24(3)23(25)20-12-10-19(2)11-13-20/h10-17H,4-9,18H2,1-3H3. The lowest BCUT2D eigenvalue weighted by Gasteiger charge is -2.18. The number of carbonyl (C=O) groups excluding carboxylic acids is 1. The van der Waals surface area contributed by atoms with Crippen molar-refractivity contribution in [2.45, 2.75) is 52.4 Å².